The van der Waals surface area contributed by atoms with Crippen LogP contribution in [0.5, 0.6) is 0 Å². The van der Waals surface area contributed by atoms with Gasteiger partial charge in [0.05, 0.1) is 23.9 Å². The molecule has 0 radical (unpaired) electrons. The second-order valence-corrected chi connectivity index (χ2v) is 8.21. The van der Waals surface area contributed by atoms with Crippen LogP contribution in [0.3, 0.4) is 0 Å². The van der Waals surface area contributed by atoms with Crippen LogP contribution >= 0.6 is 0 Å². The van der Waals surface area contributed by atoms with Crippen molar-refractivity contribution in [2.24, 2.45) is 5.92 Å². The molecule has 2 aliphatic rings. The highest BCUT2D eigenvalue weighted by molar-refractivity contribution is 6.22. The van der Waals surface area contributed by atoms with Crippen molar-refractivity contribution < 1.29 is 19.1 Å². The average Bonchev–Trinajstić information content (AvgIpc) is 2.72. The number of nitrogens with one attached hydrogen (secondary N) is 1. The first-order chi connectivity index (χ1) is 14.5. The summed E-state index contributed by atoms with van der Waals surface area (Å²) >= 11 is 0. The number of hydrogen-bond acceptors (Lipinski definition) is 4. The van der Waals surface area contributed by atoms with Gasteiger partial charge in [-0.2, -0.15) is 0 Å². The molecule has 0 spiro atoms. The van der Waals surface area contributed by atoms with Crippen LogP contribution in [0.15, 0.2) is 54.8 Å². The summed E-state index contributed by atoms with van der Waals surface area (Å²) in [4.78, 5) is 25.2. The Morgan fingerprint density at radius 2 is 1.83 bits per heavy atom. The zero-order valence-corrected chi connectivity index (χ0v) is 17.4. The van der Waals surface area contributed by atoms with Gasteiger partial charge in [-0.15, -0.1) is 0 Å². The standard InChI is InChI=1S/C25H27NO4/c1-16-10-17(2)12-19(11-16)26-24(27)15-29-20-8-9-21-23(13-20)30-14-22(25(21)28)18-6-4-3-5-7-18/h3-7,10-12,14,20-21,23H,8-9,13,15H2,1-2H3,(H,26,27). The van der Waals surface area contributed by atoms with Crippen molar-refractivity contribution in [3.05, 3.63) is 71.5 Å². The summed E-state index contributed by atoms with van der Waals surface area (Å²) < 4.78 is 11.8. The maximum absolute atomic E-state index is 12.9. The number of benzene rings is 2. The predicted octanol–water partition coefficient (Wildman–Crippen LogP) is 4.44. The van der Waals surface area contributed by atoms with Crippen LogP contribution in [0.4, 0.5) is 5.69 Å². The molecule has 1 fully saturated rings. The lowest BCUT2D eigenvalue weighted by atomic mass is 9.78. The van der Waals surface area contributed by atoms with Crippen LogP contribution in [0.2, 0.25) is 0 Å². The second kappa shape index (κ2) is 8.84. The highest BCUT2D eigenvalue weighted by Crippen LogP contribution is 2.37. The molecule has 5 nitrogen and oxygen atoms in total. The molecule has 30 heavy (non-hydrogen) atoms. The minimum atomic E-state index is -0.189. The van der Waals surface area contributed by atoms with E-state index in [1.54, 1.807) is 6.26 Å². The number of aryl methyl sites for hydroxylation is 2. The first kappa shape index (κ1) is 20.4. The van der Waals surface area contributed by atoms with E-state index in [0.717, 1.165) is 28.8 Å². The number of Topliss-reactive ketones (excluding diaryl/α,β-unsaturated/α-hetero) is 1. The Morgan fingerprint density at radius 3 is 2.57 bits per heavy atom. The number of carbonyl (C=O) groups is 2. The van der Waals surface area contributed by atoms with Crippen LogP contribution in [-0.4, -0.2) is 30.5 Å². The van der Waals surface area contributed by atoms with Gasteiger partial charge in [0.15, 0.2) is 5.78 Å². The normalized spacial score (nSPS) is 23.2. The molecule has 0 saturated heterocycles. The molecule has 1 amide bonds. The third-order valence-corrected chi connectivity index (χ3v) is 5.75. The molecule has 1 aliphatic carbocycles. The number of ketones is 1. The fraction of sp³-hybridized carbons (Fsp3) is 0.360. The molecule has 2 aromatic rings. The number of ether oxygens (including phenoxy) is 2. The van der Waals surface area contributed by atoms with E-state index in [9.17, 15) is 9.59 Å². The maximum atomic E-state index is 12.9. The lowest BCUT2D eigenvalue weighted by Gasteiger charge is -2.37. The highest BCUT2D eigenvalue weighted by Gasteiger charge is 2.40. The Kier molecular flexibility index (Phi) is 6.00. The molecule has 1 saturated carbocycles. The quantitative estimate of drug-likeness (QED) is 0.799. The summed E-state index contributed by atoms with van der Waals surface area (Å²) in [7, 11) is 0. The van der Waals surface area contributed by atoms with E-state index in [4.69, 9.17) is 9.47 Å². The largest absolute Gasteiger partial charge is 0.496 e. The summed E-state index contributed by atoms with van der Waals surface area (Å²) in [5.41, 5.74) is 4.52. The molecule has 2 aromatic carbocycles. The molecule has 1 N–H and O–H groups in total. The smallest absolute Gasteiger partial charge is 0.250 e. The molecular weight excluding hydrogens is 378 g/mol. The van der Waals surface area contributed by atoms with E-state index in [-0.39, 0.29) is 36.4 Å². The van der Waals surface area contributed by atoms with Crippen molar-refractivity contribution in [3.63, 3.8) is 0 Å². The first-order valence-corrected chi connectivity index (χ1v) is 10.4. The molecule has 1 aliphatic heterocycles. The van der Waals surface area contributed by atoms with Gasteiger partial charge < -0.3 is 14.8 Å². The van der Waals surface area contributed by atoms with Gasteiger partial charge >= 0.3 is 0 Å². The first-order valence-electron chi connectivity index (χ1n) is 10.4. The third-order valence-electron chi connectivity index (χ3n) is 5.75. The molecular formula is C25H27NO4. The summed E-state index contributed by atoms with van der Waals surface area (Å²) in [6.45, 7) is 4.00. The number of rotatable bonds is 5. The van der Waals surface area contributed by atoms with E-state index in [2.05, 4.69) is 11.4 Å². The Hall–Kier alpha value is -2.92. The number of allylic oxidation sites excluding steroid dienone is 1. The van der Waals surface area contributed by atoms with Crippen molar-refractivity contribution in [2.45, 2.75) is 45.3 Å². The van der Waals surface area contributed by atoms with Crippen molar-refractivity contribution in [2.75, 3.05) is 11.9 Å². The minimum Gasteiger partial charge on any atom is -0.496 e. The van der Waals surface area contributed by atoms with Crippen LogP contribution < -0.4 is 5.32 Å². The zero-order valence-electron chi connectivity index (χ0n) is 17.4. The SMILES string of the molecule is Cc1cc(C)cc(NC(=O)COC2CCC3C(=O)C(c4ccccc4)=COC3C2)c1. The van der Waals surface area contributed by atoms with Crippen LogP contribution in [0.25, 0.3) is 5.57 Å². The van der Waals surface area contributed by atoms with Crippen LogP contribution in [0.1, 0.15) is 36.0 Å². The van der Waals surface area contributed by atoms with E-state index in [1.807, 2.05) is 56.3 Å². The van der Waals surface area contributed by atoms with Crippen molar-refractivity contribution in [3.8, 4) is 0 Å². The third kappa shape index (κ3) is 4.62. The molecule has 3 atom stereocenters. The van der Waals surface area contributed by atoms with Crippen molar-refractivity contribution in [1.82, 2.24) is 0 Å². The zero-order chi connectivity index (χ0) is 21.1. The minimum absolute atomic E-state index is 0.00586. The molecule has 0 aromatic heterocycles. The summed E-state index contributed by atoms with van der Waals surface area (Å²) in [6.07, 6.45) is 3.38. The lowest BCUT2D eigenvalue weighted by Crippen LogP contribution is -2.42. The van der Waals surface area contributed by atoms with Gasteiger partial charge in [-0.25, -0.2) is 0 Å². The van der Waals surface area contributed by atoms with Gasteiger partial charge in [-0.3, -0.25) is 9.59 Å². The molecule has 1 heterocycles. The maximum Gasteiger partial charge on any atom is 0.250 e. The van der Waals surface area contributed by atoms with Crippen LogP contribution in [0, 0.1) is 19.8 Å². The van der Waals surface area contributed by atoms with E-state index in [1.165, 1.54) is 0 Å². The van der Waals surface area contributed by atoms with Crippen LogP contribution in [-0.2, 0) is 19.1 Å². The topological polar surface area (TPSA) is 64.6 Å². The monoisotopic (exact) mass is 405 g/mol. The van der Waals surface area contributed by atoms with E-state index >= 15 is 0 Å². The molecule has 4 rings (SSSR count). The fourth-order valence-corrected chi connectivity index (χ4v) is 4.37. The summed E-state index contributed by atoms with van der Waals surface area (Å²) in [5, 5.41) is 2.89. The average molecular weight is 405 g/mol. The second-order valence-electron chi connectivity index (χ2n) is 8.21. The molecule has 156 valence electrons. The van der Waals surface area contributed by atoms with E-state index in [0.29, 0.717) is 18.4 Å². The highest BCUT2D eigenvalue weighted by atomic mass is 16.5. The summed E-state index contributed by atoms with van der Waals surface area (Å²) in [5.74, 6) is -0.174. The van der Waals surface area contributed by atoms with Gasteiger partial charge in [0.1, 0.15) is 12.7 Å². The predicted molar refractivity (Wildman–Crippen MR) is 116 cm³/mol. The number of carbonyl (C=O) groups excluding carboxylic acids is 2. The Labute approximate surface area is 177 Å². The molecule has 3 unspecified atom stereocenters. The number of amides is 1. The van der Waals surface area contributed by atoms with E-state index < -0.39 is 0 Å². The Bertz CT molecular complexity index is 946. The van der Waals surface area contributed by atoms with Gasteiger partial charge in [0.25, 0.3) is 0 Å². The Balaban J connectivity index is 1.31. The molecule has 5 heteroatoms. The van der Waals surface area contributed by atoms with Gasteiger partial charge in [-0.1, -0.05) is 36.4 Å². The number of anilines is 1. The number of fused-ring (bicyclic) bond motifs is 1. The van der Waals surface area contributed by atoms with Crippen molar-refractivity contribution in [1.29, 1.82) is 0 Å². The molecule has 0 bridgehead atoms. The van der Waals surface area contributed by atoms with Gasteiger partial charge in [-0.05, 0) is 55.5 Å². The number of hydrogen-bond donors (Lipinski definition) is 1. The van der Waals surface area contributed by atoms with Crippen molar-refractivity contribution >= 4 is 23.0 Å². The fourth-order valence-electron chi connectivity index (χ4n) is 4.37. The summed E-state index contributed by atoms with van der Waals surface area (Å²) in [6, 6.07) is 15.6. The lowest BCUT2D eigenvalue weighted by molar-refractivity contribution is -0.132. The van der Waals surface area contributed by atoms with Gasteiger partial charge in [0.2, 0.25) is 5.91 Å². The Morgan fingerprint density at radius 1 is 1.10 bits per heavy atom. The van der Waals surface area contributed by atoms with Gasteiger partial charge in [0, 0.05) is 12.1 Å².